The summed E-state index contributed by atoms with van der Waals surface area (Å²) in [6, 6.07) is 10.6. The molecule has 7 heteroatoms. The number of imidazole rings is 1. The Kier molecular flexibility index (Phi) is 4.10. The number of aromatic nitrogens is 4. The van der Waals surface area contributed by atoms with Crippen molar-refractivity contribution >= 4 is 16.9 Å². The molecule has 144 valence electrons. The molecule has 0 radical (unpaired) electrons. The number of H-pyrrole nitrogens is 1. The molecule has 0 saturated carbocycles. The van der Waals surface area contributed by atoms with Crippen LogP contribution in [0.1, 0.15) is 25.5 Å². The first kappa shape index (κ1) is 18.0. The fourth-order valence-corrected chi connectivity index (χ4v) is 3.69. The molecule has 0 saturated heterocycles. The van der Waals surface area contributed by atoms with Gasteiger partial charge in [-0.3, -0.25) is 14.2 Å². The Morgan fingerprint density at radius 3 is 2.61 bits per heavy atom. The van der Waals surface area contributed by atoms with Crippen LogP contribution in [0, 0.1) is 12.7 Å². The molecule has 0 amide bonds. The van der Waals surface area contributed by atoms with Crippen LogP contribution >= 0.6 is 0 Å². The van der Waals surface area contributed by atoms with Crippen molar-refractivity contribution in [3.05, 3.63) is 58.3 Å². The zero-order chi connectivity index (χ0) is 20.2. The normalized spacial score (nSPS) is 11.6. The number of hydrogen-bond acceptors (Lipinski definition) is 3. The Labute approximate surface area is 161 Å². The van der Waals surface area contributed by atoms with E-state index in [-0.39, 0.29) is 23.4 Å². The van der Waals surface area contributed by atoms with Crippen molar-refractivity contribution in [3.8, 4) is 22.4 Å². The molecule has 0 atom stereocenters. The number of halogens is 1. The van der Waals surface area contributed by atoms with Crippen LogP contribution in [-0.2, 0) is 7.05 Å². The van der Waals surface area contributed by atoms with Gasteiger partial charge in [-0.2, -0.15) is 5.10 Å². The number of nitrogen functional groups attached to an aromatic ring is 1. The molecule has 3 N–H and O–H groups in total. The molecule has 0 bridgehead atoms. The van der Waals surface area contributed by atoms with E-state index in [9.17, 15) is 9.18 Å². The van der Waals surface area contributed by atoms with Gasteiger partial charge in [0.05, 0.1) is 22.3 Å². The van der Waals surface area contributed by atoms with Gasteiger partial charge in [-0.1, -0.05) is 17.7 Å². The van der Waals surface area contributed by atoms with Crippen LogP contribution in [-0.4, -0.2) is 19.3 Å². The molecule has 2 aromatic carbocycles. The maximum atomic E-state index is 14.5. The summed E-state index contributed by atoms with van der Waals surface area (Å²) in [4.78, 5) is 12.6. The second-order valence-corrected chi connectivity index (χ2v) is 7.35. The van der Waals surface area contributed by atoms with E-state index in [1.807, 2.05) is 39.0 Å². The van der Waals surface area contributed by atoms with Crippen LogP contribution in [0.25, 0.3) is 33.4 Å². The van der Waals surface area contributed by atoms with Gasteiger partial charge in [0.15, 0.2) is 5.82 Å². The minimum Gasteiger partial charge on any atom is -0.382 e. The Balaban J connectivity index is 1.97. The van der Waals surface area contributed by atoms with E-state index >= 15 is 0 Å². The lowest BCUT2D eigenvalue weighted by Crippen LogP contribution is -2.23. The molecule has 0 fully saturated rings. The number of nitrogens with one attached hydrogen (secondary N) is 1. The van der Waals surface area contributed by atoms with E-state index in [1.165, 1.54) is 6.07 Å². The number of hydrogen-bond donors (Lipinski definition) is 2. The fourth-order valence-electron chi connectivity index (χ4n) is 3.69. The maximum Gasteiger partial charge on any atom is 0.329 e. The summed E-state index contributed by atoms with van der Waals surface area (Å²) in [5, 5.41) is 6.97. The minimum atomic E-state index is -0.352. The van der Waals surface area contributed by atoms with Gasteiger partial charge >= 0.3 is 5.69 Å². The molecule has 4 rings (SSSR count). The van der Waals surface area contributed by atoms with E-state index in [4.69, 9.17) is 5.73 Å². The minimum absolute atomic E-state index is 0.0398. The topological polar surface area (TPSA) is 81.6 Å². The van der Waals surface area contributed by atoms with Crippen molar-refractivity contribution in [3.63, 3.8) is 0 Å². The molecule has 2 aromatic heterocycles. The van der Waals surface area contributed by atoms with Crippen LogP contribution in [0.2, 0.25) is 0 Å². The summed E-state index contributed by atoms with van der Waals surface area (Å²) < 4.78 is 17.8. The summed E-state index contributed by atoms with van der Waals surface area (Å²) in [5.41, 5.74) is 10.9. The van der Waals surface area contributed by atoms with Gasteiger partial charge in [-0.05, 0) is 50.6 Å². The molecule has 0 spiro atoms. The van der Waals surface area contributed by atoms with Gasteiger partial charge in [-0.15, -0.1) is 0 Å². The summed E-state index contributed by atoms with van der Waals surface area (Å²) in [6.45, 7) is 5.85. The average Bonchev–Trinajstić information content (AvgIpc) is 3.15. The highest BCUT2D eigenvalue weighted by Gasteiger charge is 2.20. The largest absolute Gasteiger partial charge is 0.382 e. The number of aryl methyl sites for hydroxylation is 2. The van der Waals surface area contributed by atoms with Crippen LogP contribution in [0.3, 0.4) is 0 Å². The molecular weight excluding hydrogens is 357 g/mol. The molecule has 0 aliphatic carbocycles. The summed E-state index contributed by atoms with van der Waals surface area (Å²) in [5.74, 6) is -0.0708. The van der Waals surface area contributed by atoms with E-state index in [2.05, 4.69) is 10.2 Å². The molecule has 0 aliphatic heterocycles. The van der Waals surface area contributed by atoms with Crippen LogP contribution in [0.5, 0.6) is 0 Å². The number of fused-ring (bicyclic) bond motifs is 1. The zero-order valence-electron chi connectivity index (χ0n) is 16.2. The third-order valence-corrected chi connectivity index (χ3v) is 5.08. The maximum absolute atomic E-state index is 14.5. The lowest BCUT2D eigenvalue weighted by molar-refractivity contribution is 0.583. The highest BCUT2D eigenvalue weighted by atomic mass is 19.1. The third-order valence-electron chi connectivity index (χ3n) is 5.08. The van der Waals surface area contributed by atoms with E-state index in [1.54, 1.807) is 28.3 Å². The van der Waals surface area contributed by atoms with Gasteiger partial charge < -0.3 is 5.73 Å². The van der Waals surface area contributed by atoms with Gasteiger partial charge in [0.2, 0.25) is 0 Å². The van der Waals surface area contributed by atoms with Crippen molar-refractivity contribution in [1.82, 2.24) is 19.3 Å². The van der Waals surface area contributed by atoms with Gasteiger partial charge in [0, 0.05) is 18.7 Å². The number of anilines is 1. The molecule has 2 heterocycles. The second-order valence-electron chi connectivity index (χ2n) is 7.35. The molecule has 0 aliphatic rings. The van der Waals surface area contributed by atoms with Crippen LogP contribution in [0.15, 0.2) is 41.2 Å². The first-order chi connectivity index (χ1) is 13.3. The first-order valence-electron chi connectivity index (χ1n) is 9.11. The monoisotopic (exact) mass is 379 g/mol. The summed E-state index contributed by atoms with van der Waals surface area (Å²) >= 11 is 0. The predicted octanol–water partition coefficient (Wildman–Crippen LogP) is 4.01. The van der Waals surface area contributed by atoms with E-state index < -0.39 is 0 Å². The highest BCUT2D eigenvalue weighted by Crippen LogP contribution is 2.37. The second kappa shape index (κ2) is 6.37. The standard InChI is InChI=1S/C21H22FN5O/c1-11(2)27-16-8-6-13(10-17(16)26(4)21(27)28)18-19(24-25-20(18)23)14-9-12(3)5-7-15(14)22/h5-11H,1-4H3,(H3,23,24,25). The SMILES string of the molecule is Cc1ccc(F)c(-c2[nH]nc(N)c2-c2ccc3c(c2)n(C)c(=O)n3C(C)C)c1. The fraction of sp³-hybridized carbons (Fsp3) is 0.238. The molecular formula is C21H22FN5O. The van der Waals surface area contributed by atoms with Gasteiger partial charge in [0.1, 0.15) is 5.82 Å². The van der Waals surface area contributed by atoms with Crippen molar-refractivity contribution in [2.45, 2.75) is 26.8 Å². The molecule has 0 unspecified atom stereocenters. The van der Waals surface area contributed by atoms with Gasteiger partial charge in [0.25, 0.3) is 0 Å². The van der Waals surface area contributed by atoms with Crippen molar-refractivity contribution in [2.24, 2.45) is 7.05 Å². The smallest absolute Gasteiger partial charge is 0.329 e. The highest BCUT2D eigenvalue weighted by molar-refractivity contribution is 5.92. The number of benzene rings is 2. The number of nitrogens with zero attached hydrogens (tertiary/aromatic N) is 3. The van der Waals surface area contributed by atoms with Crippen molar-refractivity contribution in [2.75, 3.05) is 5.73 Å². The first-order valence-corrected chi connectivity index (χ1v) is 9.11. The quantitative estimate of drug-likeness (QED) is 0.564. The Hall–Kier alpha value is -3.35. The summed E-state index contributed by atoms with van der Waals surface area (Å²) in [7, 11) is 1.74. The average molecular weight is 379 g/mol. The van der Waals surface area contributed by atoms with E-state index in [0.29, 0.717) is 16.8 Å². The molecule has 6 nitrogen and oxygen atoms in total. The number of rotatable bonds is 3. The van der Waals surface area contributed by atoms with Crippen molar-refractivity contribution in [1.29, 1.82) is 0 Å². The van der Waals surface area contributed by atoms with Crippen LogP contribution in [0.4, 0.5) is 10.2 Å². The summed E-state index contributed by atoms with van der Waals surface area (Å²) in [6.07, 6.45) is 0. The predicted molar refractivity (Wildman–Crippen MR) is 110 cm³/mol. The number of nitrogens with two attached hydrogens (primary N) is 1. The Morgan fingerprint density at radius 2 is 1.89 bits per heavy atom. The van der Waals surface area contributed by atoms with Crippen LogP contribution < -0.4 is 11.4 Å². The molecule has 28 heavy (non-hydrogen) atoms. The Bertz CT molecular complexity index is 1260. The Morgan fingerprint density at radius 1 is 1.14 bits per heavy atom. The van der Waals surface area contributed by atoms with Gasteiger partial charge in [-0.25, -0.2) is 9.18 Å². The molecule has 4 aromatic rings. The van der Waals surface area contributed by atoms with E-state index in [0.717, 1.165) is 22.2 Å². The van der Waals surface area contributed by atoms with Crippen molar-refractivity contribution < 1.29 is 4.39 Å². The zero-order valence-corrected chi connectivity index (χ0v) is 16.2. The number of aromatic amines is 1. The third kappa shape index (κ3) is 2.62. The lowest BCUT2D eigenvalue weighted by Gasteiger charge is -2.09. The lowest BCUT2D eigenvalue weighted by atomic mass is 9.99.